The first-order valence-electron chi connectivity index (χ1n) is 6.26. The van der Waals surface area contributed by atoms with Crippen LogP contribution in [0.3, 0.4) is 0 Å². The quantitative estimate of drug-likeness (QED) is 0.655. The third-order valence-electron chi connectivity index (χ3n) is 3.47. The number of nitrogen functional groups attached to an aromatic ring is 1. The number of primary amides is 1. The van der Waals surface area contributed by atoms with E-state index in [9.17, 15) is 13.2 Å². The zero-order valence-electron chi connectivity index (χ0n) is 11.2. The Balaban J connectivity index is 2.46. The van der Waals surface area contributed by atoms with E-state index in [4.69, 9.17) is 11.5 Å². The molecule has 0 spiro atoms. The van der Waals surface area contributed by atoms with Crippen LogP contribution in [0.25, 0.3) is 0 Å². The molecule has 7 nitrogen and oxygen atoms in total. The molecule has 5 N–H and O–H groups in total. The van der Waals surface area contributed by atoms with Gasteiger partial charge in [-0.2, -0.15) is 0 Å². The van der Waals surface area contributed by atoms with Crippen molar-refractivity contribution < 1.29 is 13.2 Å². The molecule has 1 aliphatic heterocycles. The minimum absolute atomic E-state index is 0.110. The van der Waals surface area contributed by atoms with E-state index >= 15 is 0 Å². The summed E-state index contributed by atoms with van der Waals surface area (Å²) in [4.78, 5) is 13.3. The molecule has 1 aromatic rings. The number of amides is 1. The van der Waals surface area contributed by atoms with Crippen LogP contribution in [0.4, 0.5) is 11.4 Å². The summed E-state index contributed by atoms with van der Waals surface area (Å²) in [5, 5.41) is 0. The minimum Gasteiger partial charge on any atom is -0.397 e. The van der Waals surface area contributed by atoms with Gasteiger partial charge in [0.2, 0.25) is 15.9 Å². The molecule has 1 fully saturated rings. The first-order valence-corrected chi connectivity index (χ1v) is 7.74. The molecule has 1 unspecified atom stereocenters. The molecule has 1 saturated heterocycles. The van der Waals surface area contributed by atoms with E-state index in [1.807, 2.05) is 0 Å². The Hall–Kier alpha value is -1.80. The number of nitrogens with two attached hydrogens (primary N) is 2. The highest BCUT2D eigenvalue weighted by Gasteiger charge is 2.30. The van der Waals surface area contributed by atoms with Crippen LogP contribution in [0.1, 0.15) is 12.8 Å². The fourth-order valence-corrected chi connectivity index (χ4v) is 3.16. The van der Waals surface area contributed by atoms with E-state index in [1.54, 1.807) is 4.90 Å². The van der Waals surface area contributed by atoms with Gasteiger partial charge in [-0.05, 0) is 38.1 Å². The summed E-state index contributed by atoms with van der Waals surface area (Å²) in [5.41, 5.74) is 12.2. The number of rotatable bonds is 4. The largest absolute Gasteiger partial charge is 0.397 e. The Morgan fingerprint density at radius 3 is 2.75 bits per heavy atom. The third-order valence-corrected chi connectivity index (χ3v) is 4.88. The van der Waals surface area contributed by atoms with Crippen LogP contribution in [0, 0.1) is 0 Å². The van der Waals surface area contributed by atoms with Gasteiger partial charge >= 0.3 is 0 Å². The van der Waals surface area contributed by atoms with Gasteiger partial charge in [0.1, 0.15) is 6.04 Å². The molecule has 0 aliphatic carbocycles. The molecule has 0 radical (unpaired) electrons. The summed E-state index contributed by atoms with van der Waals surface area (Å²) < 4.78 is 25.9. The number of carbonyl (C=O) groups excluding carboxylic acids is 1. The molecule has 8 heteroatoms. The molecule has 1 atom stereocenters. The summed E-state index contributed by atoms with van der Waals surface area (Å²) in [7, 11) is -2.21. The average Bonchev–Trinajstić information content (AvgIpc) is 2.88. The van der Waals surface area contributed by atoms with Gasteiger partial charge in [-0.25, -0.2) is 13.1 Å². The van der Waals surface area contributed by atoms with Gasteiger partial charge in [0.05, 0.1) is 16.3 Å². The normalized spacial score (nSPS) is 19.2. The highest BCUT2D eigenvalue weighted by Crippen LogP contribution is 2.32. The summed E-state index contributed by atoms with van der Waals surface area (Å²) in [5.74, 6) is -0.427. The van der Waals surface area contributed by atoms with E-state index in [0.717, 1.165) is 6.42 Å². The van der Waals surface area contributed by atoms with Crippen molar-refractivity contribution in [2.75, 3.05) is 24.2 Å². The Morgan fingerprint density at radius 1 is 1.45 bits per heavy atom. The SMILES string of the molecule is CNS(=O)(=O)c1ccc(N)c(N2CCCC2C(N)=O)c1. The van der Waals surface area contributed by atoms with Crippen molar-refractivity contribution in [3.05, 3.63) is 18.2 Å². The van der Waals surface area contributed by atoms with Crippen molar-refractivity contribution in [2.24, 2.45) is 5.73 Å². The number of anilines is 2. The Labute approximate surface area is 118 Å². The molecule has 0 aromatic heterocycles. The van der Waals surface area contributed by atoms with Gasteiger partial charge in [-0.1, -0.05) is 0 Å². The van der Waals surface area contributed by atoms with E-state index < -0.39 is 22.0 Å². The number of hydrogen-bond acceptors (Lipinski definition) is 5. The van der Waals surface area contributed by atoms with Crippen molar-refractivity contribution in [1.82, 2.24) is 4.72 Å². The highest BCUT2D eigenvalue weighted by atomic mass is 32.2. The second kappa shape index (κ2) is 5.29. The molecule has 1 amide bonds. The first kappa shape index (κ1) is 14.6. The Bertz CT molecular complexity index is 630. The fraction of sp³-hybridized carbons (Fsp3) is 0.417. The maximum atomic E-state index is 11.8. The summed E-state index contributed by atoms with van der Waals surface area (Å²) in [6, 6.07) is 3.99. The molecule has 0 bridgehead atoms. The molecule has 0 saturated carbocycles. The summed E-state index contributed by atoms with van der Waals surface area (Å²) >= 11 is 0. The van der Waals surface area contributed by atoms with E-state index in [-0.39, 0.29) is 4.90 Å². The molecular formula is C12H18N4O3S. The van der Waals surface area contributed by atoms with E-state index in [0.29, 0.717) is 24.3 Å². The molecule has 1 aliphatic rings. The Morgan fingerprint density at radius 2 is 2.15 bits per heavy atom. The van der Waals surface area contributed by atoms with Crippen LogP contribution in [-0.2, 0) is 14.8 Å². The molecule has 2 rings (SSSR count). The van der Waals surface area contributed by atoms with Crippen LogP contribution < -0.4 is 21.1 Å². The predicted octanol–water partition coefficient (Wildman–Crippen LogP) is -0.369. The molecule has 1 heterocycles. The van der Waals surface area contributed by atoms with Crippen molar-refractivity contribution in [1.29, 1.82) is 0 Å². The molecule has 110 valence electrons. The maximum absolute atomic E-state index is 11.8. The summed E-state index contributed by atoms with van der Waals surface area (Å²) in [6.07, 6.45) is 1.47. The number of carbonyl (C=O) groups is 1. The lowest BCUT2D eigenvalue weighted by atomic mass is 10.2. The number of hydrogen-bond donors (Lipinski definition) is 3. The first-order chi connectivity index (χ1) is 9.36. The predicted molar refractivity (Wildman–Crippen MR) is 76.7 cm³/mol. The number of nitrogens with zero attached hydrogens (tertiary/aromatic N) is 1. The number of nitrogens with one attached hydrogen (secondary N) is 1. The number of sulfonamides is 1. The highest BCUT2D eigenvalue weighted by molar-refractivity contribution is 7.89. The van der Waals surface area contributed by atoms with Crippen LogP contribution in [0.2, 0.25) is 0 Å². The van der Waals surface area contributed by atoms with Crippen molar-refractivity contribution in [3.8, 4) is 0 Å². The smallest absolute Gasteiger partial charge is 0.240 e. The standard InChI is InChI=1S/C12H18N4O3S/c1-15-20(18,19)8-4-5-9(13)11(7-8)16-6-2-3-10(16)12(14)17/h4-5,7,10,15H,2-3,6,13H2,1H3,(H2,14,17). The van der Waals surface area contributed by atoms with Gasteiger partial charge in [-0.3, -0.25) is 4.79 Å². The topological polar surface area (TPSA) is 119 Å². The number of benzene rings is 1. The Kier molecular flexibility index (Phi) is 3.87. The van der Waals surface area contributed by atoms with Gasteiger partial charge < -0.3 is 16.4 Å². The zero-order valence-corrected chi connectivity index (χ0v) is 12.0. The maximum Gasteiger partial charge on any atom is 0.240 e. The third kappa shape index (κ3) is 2.56. The zero-order chi connectivity index (χ0) is 14.9. The molecule has 1 aromatic carbocycles. The van der Waals surface area contributed by atoms with Crippen LogP contribution >= 0.6 is 0 Å². The second-order valence-electron chi connectivity index (χ2n) is 4.68. The lowest BCUT2D eigenvalue weighted by Crippen LogP contribution is -2.40. The minimum atomic E-state index is -3.55. The lowest BCUT2D eigenvalue weighted by Gasteiger charge is -2.26. The van der Waals surface area contributed by atoms with Crippen molar-refractivity contribution in [3.63, 3.8) is 0 Å². The van der Waals surface area contributed by atoms with E-state index in [1.165, 1.54) is 25.2 Å². The monoisotopic (exact) mass is 298 g/mol. The van der Waals surface area contributed by atoms with Crippen molar-refractivity contribution in [2.45, 2.75) is 23.8 Å². The molecule has 20 heavy (non-hydrogen) atoms. The fourth-order valence-electron chi connectivity index (χ4n) is 2.41. The van der Waals surface area contributed by atoms with Crippen LogP contribution in [-0.4, -0.2) is 34.0 Å². The second-order valence-corrected chi connectivity index (χ2v) is 6.57. The van der Waals surface area contributed by atoms with Crippen LogP contribution in [0.5, 0.6) is 0 Å². The van der Waals surface area contributed by atoms with Gasteiger partial charge in [0, 0.05) is 6.54 Å². The summed E-state index contributed by atoms with van der Waals surface area (Å²) in [6.45, 7) is 0.626. The average molecular weight is 298 g/mol. The van der Waals surface area contributed by atoms with E-state index in [2.05, 4.69) is 4.72 Å². The van der Waals surface area contributed by atoms with Gasteiger partial charge in [0.25, 0.3) is 0 Å². The lowest BCUT2D eigenvalue weighted by molar-refractivity contribution is -0.119. The molecular weight excluding hydrogens is 280 g/mol. The van der Waals surface area contributed by atoms with Gasteiger partial charge in [0.15, 0.2) is 0 Å². The van der Waals surface area contributed by atoms with Gasteiger partial charge in [-0.15, -0.1) is 0 Å². The van der Waals surface area contributed by atoms with Crippen molar-refractivity contribution >= 4 is 27.3 Å². The van der Waals surface area contributed by atoms with Crippen LogP contribution in [0.15, 0.2) is 23.1 Å².